The molecular weight excluding hydrogens is 268 g/mol. The number of hydrogen-bond acceptors (Lipinski definition) is 3. The maximum absolute atomic E-state index is 12.0. The maximum atomic E-state index is 12.0. The Morgan fingerprint density at radius 2 is 1.90 bits per heavy atom. The van der Waals surface area contributed by atoms with Gasteiger partial charge >= 0.3 is 5.97 Å². The average Bonchev–Trinajstić information content (AvgIpc) is 2.82. The van der Waals surface area contributed by atoms with Crippen LogP contribution in [0.4, 0.5) is 0 Å². The van der Waals surface area contributed by atoms with Gasteiger partial charge in [0, 0.05) is 10.9 Å². The highest BCUT2D eigenvalue weighted by Gasteiger charge is 2.29. The number of ether oxygens (including phenoxy) is 1. The van der Waals surface area contributed by atoms with Crippen LogP contribution < -0.4 is 5.32 Å². The molecule has 0 saturated carbocycles. The van der Waals surface area contributed by atoms with Crippen LogP contribution in [-0.2, 0) is 4.74 Å². The van der Waals surface area contributed by atoms with Crippen molar-refractivity contribution in [2.24, 2.45) is 0 Å². The Morgan fingerprint density at radius 1 is 1.25 bits per heavy atom. The van der Waals surface area contributed by atoms with Crippen LogP contribution in [0.2, 0.25) is 19.6 Å². The van der Waals surface area contributed by atoms with E-state index in [0.29, 0.717) is 5.69 Å². The summed E-state index contributed by atoms with van der Waals surface area (Å²) in [5, 5.41) is 8.35. The molecule has 0 spiro atoms. The summed E-state index contributed by atoms with van der Waals surface area (Å²) in [6.45, 7) is 8.72. The predicted molar refractivity (Wildman–Crippen MR) is 83.1 cm³/mol. The van der Waals surface area contributed by atoms with Gasteiger partial charge in [-0.05, 0) is 18.1 Å². The second kappa shape index (κ2) is 5.24. The molecule has 20 heavy (non-hydrogen) atoms. The van der Waals surface area contributed by atoms with Crippen LogP contribution in [0.5, 0.6) is 0 Å². The molecule has 4 nitrogen and oxygen atoms in total. The molecule has 1 N–H and O–H groups in total. The van der Waals surface area contributed by atoms with E-state index in [4.69, 9.17) is 4.74 Å². The Balaban J connectivity index is 2.74. The zero-order valence-electron chi connectivity index (χ0n) is 12.6. The van der Waals surface area contributed by atoms with E-state index in [1.54, 1.807) is 0 Å². The minimum Gasteiger partial charge on any atom is -0.464 e. The third kappa shape index (κ3) is 2.53. The van der Waals surface area contributed by atoms with Crippen molar-refractivity contribution in [3.8, 4) is 11.1 Å². The third-order valence-corrected chi connectivity index (χ3v) is 5.17. The lowest BCUT2D eigenvalue weighted by Crippen LogP contribution is -2.40. The van der Waals surface area contributed by atoms with Gasteiger partial charge in [-0.3, -0.25) is 5.10 Å². The van der Waals surface area contributed by atoms with Gasteiger partial charge in [0.2, 0.25) is 0 Å². The number of aromatic nitrogens is 2. The van der Waals surface area contributed by atoms with Crippen molar-refractivity contribution >= 4 is 19.4 Å². The molecule has 0 amide bonds. The highest BCUT2D eigenvalue weighted by atomic mass is 28.3. The summed E-state index contributed by atoms with van der Waals surface area (Å²) >= 11 is 0. The summed E-state index contributed by atoms with van der Waals surface area (Å²) in [5.41, 5.74) is 3.44. The maximum Gasteiger partial charge on any atom is 0.359 e. The number of carbonyl (C=O) groups excluding carboxylic acids is 1. The van der Waals surface area contributed by atoms with E-state index in [-0.39, 0.29) is 0 Å². The minimum absolute atomic E-state index is 0.374. The molecule has 0 saturated heterocycles. The van der Waals surface area contributed by atoms with E-state index in [1.165, 1.54) is 7.11 Å². The average molecular weight is 288 g/mol. The molecule has 5 heteroatoms. The van der Waals surface area contributed by atoms with Gasteiger partial charge in [0.05, 0.1) is 7.11 Å². The Kier molecular flexibility index (Phi) is 3.81. The fraction of sp³-hybridized carbons (Fsp3) is 0.333. The van der Waals surface area contributed by atoms with Crippen molar-refractivity contribution in [2.45, 2.75) is 26.6 Å². The van der Waals surface area contributed by atoms with Gasteiger partial charge < -0.3 is 4.74 Å². The Morgan fingerprint density at radius 3 is 2.45 bits per heavy atom. The molecule has 0 bridgehead atoms. The smallest absolute Gasteiger partial charge is 0.359 e. The molecule has 0 aliphatic heterocycles. The van der Waals surface area contributed by atoms with E-state index < -0.39 is 14.0 Å². The lowest BCUT2D eigenvalue weighted by molar-refractivity contribution is 0.0595. The second-order valence-corrected chi connectivity index (χ2v) is 10.9. The van der Waals surface area contributed by atoms with Gasteiger partial charge in [0.15, 0.2) is 5.69 Å². The standard InChI is InChI=1S/C15H20N2O2Si/c1-10-8-6-7-9-11(10)12-13(15(18)19-2)16-17-14(12)20(3,4)5/h6-9H,1-5H3,(H,16,17). The summed E-state index contributed by atoms with van der Waals surface area (Å²) < 4.78 is 4.86. The zero-order chi connectivity index (χ0) is 14.9. The van der Waals surface area contributed by atoms with Gasteiger partial charge in [0.1, 0.15) is 8.07 Å². The van der Waals surface area contributed by atoms with E-state index in [9.17, 15) is 4.79 Å². The number of benzene rings is 1. The first kappa shape index (κ1) is 14.5. The first-order valence-corrected chi connectivity index (χ1v) is 10.1. The number of hydrogen-bond donors (Lipinski definition) is 1. The summed E-state index contributed by atoms with van der Waals surface area (Å²) in [4.78, 5) is 12.0. The van der Waals surface area contributed by atoms with Gasteiger partial charge in [-0.25, -0.2) is 4.79 Å². The summed E-state index contributed by atoms with van der Waals surface area (Å²) in [7, 11) is -0.265. The number of H-pyrrole nitrogens is 1. The number of carbonyl (C=O) groups is 1. The van der Waals surface area contributed by atoms with Crippen LogP contribution in [0.25, 0.3) is 11.1 Å². The van der Waals surface area contributed by atoms with Crippen LogP contribution in [0, 0.1) is 6.92 Å². The first-order chi connectivity index (χ1) is 9.36. The van der Waals surface area contributed by atoms with Crippen molar-refractivity contribution in [1.82, 2.24) is 10.2 Å². The predicted octanol–water partition coefficient (Wildman–Crippen LogP) is 2.72. The minimum atomic E-state index is -1.65. The van der Waals surface area contributed by atoms with E-state index in [0.717, 1.165) is 22.0 Å². The Bertz CT molecular complexity index is 642. The van der Waals surface area contributed by atoms with E-state index >= 15 is 0 Å². The molecule has 1 aromatic heterocycles. The molecule has 0 aliphatic rings. The largest absolute Gasteiger partial charge is 0.464 e. The summed E-state index contributed by atoms with van der Waals surface area (Å²) in [5.74, 6) is -0.399. The number of methoxy groups -OCH3 is 1. The number of esters is 1. The van der Waals surface area contributed by atoms with Crippen LogP contribution in [0.15, 0.2) is 24.3 Å². The zero-order valence-corrected chi connectivity index (χ0v) is 13.6. The van der Waals surface area contributed by atoms with Gasteiger partial charge in [-0.2, -0.15) is 5.10 Å². The first-order valence-electron chi connectivity index (χ1n) is 6.59. The van der Waals surface area contributed by atoms with Crippen molar-refractivity contribution in [1.29, 1.82) is 0 Å². The monoisotopic (exact) mass is 288 g/mol. The van der Waals surface area contributed by atoms with E-state index in [1.807, 2.05) is 31.2 Å². The quantitative estimate of drug-likeness (QED) is 0.698. The van der Waals surface area contributed by atoms with Crippen LogP contribution in [0.3, 0.4) is 0 Å². The Labute approximate surface area is 120 Å². The fourth-order valence-electron chi connectivity index (χ4n) is 2.24. The van der Waals surface area contributed by atoms with Crippen molar-refractivity contribution in [3.63, 3.8) is 0 Å². The van der Waals surface area contributed by atoms with Crippen LogP contribution in [0.1, 0.15) is 16.1 Å². The number of nitrogens with zero attached hydrogens (tertiary/aromatic N) is 1. The number of rotatable bonds is 3. The highest BCUT2D eigenvalue weighted by molar-refractivity contribution is 6.89. The molecular formula is C15H20N2O2Si. The molecule has 0 atom stereocenters. The Hall–Kier alpha value is -1.88. The van der Waals surface area contributed by atoms with Crippen molar-refractivity contribution < 1.29 is 9.53 Å². The van der Waals surface area contributed by atoms with Gasteiger partial charge in [0.25, 0.3) is 0 Å². The number of nitrogens with one attached hydrogen (secondary N) is 1. The second-order valence-electron chi connectivity index (χ2n) is 5.88. The lowest BCUT2D eigenvalue weighted by atomic mass is 10.0. The van der Waals surface area contributed by atoms with Gasteiger partial charge in [-0.1, -0.05) is 43.9 Å². The SMILES string of the molecule is COC(=O)c1n[nH]c([Si](C)(C)C)c1-c1ccccc1C. The molecule has 1 heterocycles. The molecule has 0 unspecified atom stereocenters. The summed E-state index contributed by atoms with van der Waals surface area (Å²) in [6, 6.07) is 8.03. The fourth-order valence-corrected chi connectivity index (χ4v) is 3.64. The topological polar surface area (TPSA) is 55.0 Å². The van der Waals surface area contributed by atoms with Crippen LogP contribution in [-0.4, -0.2) is 31.4 Å². The highest BCUT2D eigenvalue weighted by Crippen LogP contribution is 2.26. The third-order valence-electron chi connectivity index (χ3n) is 3.31. The molecule has 2 rings (SSSR count). The van der Waals surface area contributed by atoms with Crippen LogP contribution >= 0.6 is 0 Å². The summed E-state index contributed by atoms with van der Waals surface area (Å²) in [6.07, 6.45) is 0. The molecule has 0 fully saturated rings. The molecule has 0 aliphatic carbocycles. The van der Waals surface area contributed by atoms with Gasteiger partial charge in [-0.15, -0.1) is 0 Å². The molecule has 0 radical (unpaired) electrons. The lowest BCUT2D eigenvalue weighted by Gasteiger charge is -2.17. The van der Waals surface area contributed by atoms with E-state index in [2.05, 4.69) is 29.8 Å². The normalized spacial score (nSPS) is 11.4. The molecule has 106 valence electrons. The molecule has 1 aromatic carbocycles. The van der Waals surface area contributed by atoms with Crippen molar-refractivity contribution in [3.05, 3.63) is 35.5 Å². The number of aromatic amines is 1. The van der Waals surface area contributed by atoms with Crippen molar-refractivity contribution in [2.75, 3.05) is 7.11 Å². The molecule has 2 aromatic rings. The number of aryl methyl sites for hydroxylation is 1.